The van der Waals surface area contributed by atoms with Crippen LogP contribution in [0.25, 0.3) is 32.7 Å². The lowest BCUT2D eigenvalue weighted by Gasteiger charge is -2.24. The van der Waals surface area contributed by atoms with Gasteiger partial charge in [0.1, 0.15) is 0 Å². The van der Waals surface area contributed by atoms with Gasteiger partial charge in [0.05, 0.1) is 0 Å². The van der Waals surface area contributed by atoms with Crippen molar-refractivity contribution in [3.8, 4) is 34.1 Å². The van der Waals surface area contributed by atoms with E-state index >= 15 is 0 Å². The van der Waals surface area contributed by atoms with Crippen LogP contribution in [-0.4, -0.2) is 32.9 Å². The quantitative estimate of drug-likeness (QED) is 0.129. The van der Waals surface area contributed by atoms with Gasteiger partial charge in [0.15, 0.2) is 23.0 Å². The first kappa shape index (κ1) is 26.3. The second-order valence-corrected chi connectivity index (χ2v) is 11.0. The lowest BCUT2D eigenvalue weighted by Crippen LogP contribution is -2.21. The van der Waals surface area contributed by atoms with Gasteiger partial charge in [0, 0.05) is 34.7 Å². The van der Waals surface area contributed by atoms with Crippen LogP contribution in [-0.2, 0) is 5.66 Å². The molecule has 0 radical (unpaired) electrons. The van der Waals surface area contributed by atoms with E-state index < -0.39 is 5.66 Å². The lowest BCUT2D eigenvalue weighted by atomic mass is 9.93. The summed E-state index contributed by atoms with van der Waals surface area (Å²) >= 11 is 0. The molecule has 210 valence electrons. The standard InChI is InChI=1S/C37H28N2O4/c1-21-9-13-27-23(17-21)11-15-29-33(27)34-28-14-10-22(2)18-24(28)12-16-30(34)37(29,38-19-25-5-3-7-31(40)35(25)42)39-20-26-6-4-8-32(41)36(26)43/h3-20,40-43H,1-2H3/b38-19+,39-20+. The van der Waals surface area contributed by atoms with Crippen LogP contribution in [0.15, 0.2) is 107 Å². The third kappa shape index (κ3) is 4.10. The number of hydrogen-bond donors (Lipinski definition) is 4. The summed E-state index contributed by atoms with van der Waals surface area (Å²) in [5, 5.41) is 45.9. The molecule has 6 aromatic carbocycles. The molecule has 0 aliphatic heterocycles. The molecular weight excluding hydrogens is 536 g/mol. The van der Waals surface area contributed by atoms with Crippen molar-refractivity contribution in [2.75, 3.05) is 0 Å². The summed E-state index contributed by atoms with van der Waals surface area (Å²) in [5.74, 6) is -1.06. The maximum absolute atomic E-state index is 10.6. The molecule has 7 rings (SSSR count). The Morgan fingerprint density at radius 2 is 0.977 bits per heavy atom. The van der Waals surface area contributed by atoms with E-state index in [0.717, 1.165) is 54.9 Å². The molecule has 0 fully saturated rings. The Balaban J connectivity index is 1.60. The van der Waals surface area contributed by atoms with Gasteiger partial charge >= 0.3 is 0 Å². The van der Waals surface area contributed by atoms with E-state index in [0.29, 0.717) is 11.1 Å². The maximum Gasteiger partial charge on any atom is 0.202 e. The van der Waals surface area contributed by atoms with E-state index in [9.17, 15) is 20.4 Å². The Labute approximate surface area is 248 Å². The minimum atomic E-state index is -1.32. The van der Waals surface area contributed by atoms with Gasteiger partial charge < -0.3 is 20.4 Å². The molecule has 0 amide bonds. The smallest absolute Gasteiger partial charge is 0.202 e. The molecule has 0 unspecified atom stereocenters. The van der Waals surface area contributed by atoms with Crippen LogP contribution in [0.2, 0.25) is 0 Å². The van der Waals surface area contributed by atoms with E-state index in [1.807, 2.05) is 12.1 Å². The monoisotopic (exact) mass is 564 g/mol. The number of benzene rings is 6. The minimum Gasteiger partial charge on any atom is -0.504 e. The molecule has 0 spiro atoms. The highest BCUT2D eigenvalue weighted by Gasteiger charge is 2.44. The highest BCUT2D eigenvalue weighted by Crippen LogP contribution is 2.55. The number of phenols is 4. The van der Waals surface area contributed by atoms with Crippen LogP contribution in [0.5, 0.6) is 23.0 Å². The van der Waals surface area contributed by atoms with Crippen molar-refractivity contribution in [3.05, 3.63) is 130 Å². The number of aliphatic imine (C=N–C) groups is 2. The number of hydrogen-bond acceptors (Lipinski definition) is 6. The van der Waals surface area contributed by atoms with Gasteiger partial charge in [-0.25, -0.2) is 0 Å². The first-order chi connectivity index (χ1) is 20.8. The zero-order chi connectivity index (χ0) is 29.9. The van der Waals surface area contributed by atoms with Crippen molar-refractivity contribution in [2.45, 2.75) is 19.5 Å². The molecule has 6 nitrogen and oxygen atoms in total. The van der Waals surface area contributed by atoms with E-state index in [2.05, 4.69) is 62.4 Å². The van der Waals surface area contributed by atoms with Gasteiger partial charge in [0.25, 0.3) is 0 Å². The second-order valence-electron chi connectivity index (χ2n) is 11.0. The molecule has 0 atom stereocenters. The van der Waals surface area contributed by atoms with E-state index in [4.69, 9.17) is 9.98 Å². The van der Waals surface area contributed by atoms with Crippen LogP contribution >= 0.6 is 0 Å². The maximum atomic E-state index is 10.6. The van der Waals surface area contributed by atoms with Gasteiger partial charge in [0.2, 0.25) is 5.66 Å². The van der Waals surface area contributed by atoms with Crippen LogP contribution in [0.1, 0.15) is 33.4 Å². The Bertz CT molecular complexity index is 2010. The first-order valence-corrected chi connectivity index (χ1v) is 14.0. The van der Waals surface area contributed by atoms with Gasteiger partial charge in [-0.1, -0.05) is 83.9 Å². The second kappa shape index (κ2) is 9.74. The number of phenolic OH excluding ortho intramolecular Hbond substituents is 4. The summed E-state index contributed by atoms with van der Waals surface area (Å²) < 4.78 is 0. The Kier molecular flexibility index (Phi) is 5.95. The topological polar surface area (TPSA) is 106 Å². The highest BCUT2D eigenvalue weighted by atomic mass is 16.3. The van der Waals surface area contributed by atoms with E-state index in [-0.39, 0.29) is 23.0 Å². The fourth-order valence-corrected chi connectivity index (χ4v) is 6.11. The van der Waals surface area contributed by atoms with Crippen molar-refractivity contribution in [3.63, 3.8) is 0 Å². The summed E-state index contributed by atoms with van der Waals surface area (Å²) in [5.41, 5.74) is 5.33. The average Bonchev–Trinajstić information content (AvgIpc) is 3.28. The molecule has 0 saturated heterocycles. The third-order valence-electron chi connectivity index (χ3n) is 8.22. The average molecular weight is 565 g/mol. The summed E-state index contributed by atoms with van der Waals surface area (Å²) in [6.45, 7) is 4.14. The molecule has 4 N–H and O–H groups in total. The first-order valence-electron chi connectivity index (χ1n) is 14.0. The Morgan fingerprint density at radius 3 is 1.42 bits per heavy atom. The highest BCUT2D eigenvalue weighted by molar-refractivity contribution is 6.11. The van der Waals surface area contributed by atoms with Crippen molar-refractivity contribution in [1.82, 2.24) is 0 Å². The molecule has 6 aromatic rings. The molecule has 43 heavy (non-hydrogen) atoms. The molecule has 1 aliphatic carbocycles. The zero-order valence-electron chi connectivity index (χ0n) is 23.6. The largest absolute Gasteiger partial charge is 0.504 e. The van der Waals surface area contributed by atoms with Crippen LogP contribution in [0.4, 0.5) is 0 Å². The SMILES string of the molecule is Cc1ccc2c3c(ccc2c1)C(/N=C/c1cccc(O)c1O)(/N=C/c1cccc(O)c1O)c1ccc2cc(C)ccc2c1-3. The number of rotatable bonds is 4. The number of nitrogens with zero attached hydrogens (tertiary/aromatic N) is 2. The van der Waals surface area contributed by atoms with Crippen LogP contribution < -0.4 is 0 Å². The molecular formula is C37H28N2O4. The van der Waals surface area contributed by atoms with E-state index in [1.165, 1.54) is 24.6 Å². The van der Waals surface area contributed by atoms with Gasteiger partial charge in [-0.3, -0.25) is 9.98 Å². The van der Waals surface area contributed by atoms with Gasteiger partial charge in [-0.05, 0) is 70.8 Å². The summed E-state index contributed by atoms with van der Waals surface area (Å²) in [6.07, 6.45) is 3.04. The number of fused-ring (bicyclic) bond motifs is 7. The Hall–Kier alpha value is -5.62. The number of aromatic hydroxyl groups is 4. The summed E-state index contributed by atoms with van der Waals surface area (Å²) in [7, 11) is 0. The number of aryl methyl sites for hydroxylation is 2. The predicted molar refractivity (Wildman–Crippen MR) is 172 cm³/mol. The molecule has 0 saturated carbocycles. The van der Waals surface area contributed by atoms with Gasteiger partial charge in [-0.2, -0.15) is 0 Å². The van der Waals surface area contributed by atoms with Crippen LogP contribution in [0.3, 0.4) is 0 Å². The Morgan fingerprint density at radius 1 is 0.535 bits per heavy atom. The van der Waals surface area contributed by atoms with Crippen molar-refractivity contribution in [1.29, 1.82) is 0 Å². The summed E-state index contributed by atoms with van der Waals surface area (Å²) in [6, 6.07) is 30.4. The van der Waals surface area contributed by atoms with Crippen molar-refractivity contribution in [2.24, 2.45) is 9.98 Å². The van der Waals surface area contributed by atoms with Crippen molar-refractivity contribution < 1.29 is 20.4 Å². The van der Waals surface area contributed by atoms with Crippen LogP contribution in [0, 0.1) is 13.8 Å². The molecule has 0 aromatic heterocycles. The summed E-state index contributed by atoms with van der Waals surface area (Å²) in [4.78, 5) is 10.2. The molecule has 6 heteroatoms. The zero-order valence-corrected chi connectivity index (χ0v) is 23.6. The van der Waals surface area contributed by atoms with E-state index in [1.54, 1.807) is 24.3 Å². The fourth-order valence-electron chi connectivity index (χ4n) is 6.11. The number of para-hydroxylation sites is 2. The fraction of sp³-hybridized carbons (Fsp3) is 0.0811. The lowest BCUT2D eigenvalue weighted by molar-refractivity contribution is 0.403. The predicted octanol–water partition coefficient (Wildman–Crippen LogP) is 7.85. The minimum absolute atomic E-state index is 0.249. The molecule has 1 aliphatic rings. The third-order valence-corrected chi connectivity index (χ3v) is 8.22. The van der Waals surface area contributed by atoms with Gasteiger partial charge in [-0.15, -0.1) is 0 Å². The molecule has 0 bridgehead atoms. The molecule has 0 heterocycles. The van der Waals surface area contributed by atoms with Crippen molar-refractivity contribution >= 4 is 34.0 Å². The normalized spacial score (nSPS) is 13.7.